The normalized spacial score (nSPS) is 10.4. The molecule has 0 bridgehead atoms. The van der Waals surface area contributed by atoms with E-state index in [4.69, 9.17) is 9.47 Å². The Labute approximate surface area is 163 Å². The van der Waals surface area contributed by atoms with Gasteiger partial charge in [0.25, 0.3) is 0 Å². The molecule has 144 valence electrons. The number of rotatable bonds is 11. The zero-order chi connectivity index (χ0) is 19.3. The quantitative estimate of drug-likeness (QED) is 0.293. The van der Waals surface area contributed by atoms with Crippen LogP contribution >= 0.6 is 0 Å². The summed E-state index contributed by atoms with van der Waals surface area (Å²) in [5.41, 5.74) is 3.43. The van der Waals surface area contributed by atoms with Gasteiger partial charge in [0.1, 0.15) is 0 Å². The minimum Gasteiger partial charge on any atom is -0.462 e. The minimum atomic E-state index is -0.289. The average Bonchev–Trinajstić information content (AvgIpc) is 2.72. The molecule has 3 nitrogen and oxygen atoms in total. The first-order valence-electron chi connectivity index (χ1n) is 9.86. The van der Waals surface area contributed by atoms with Crippen molar-refractivity contribution in [2.24, 2.45) is 0 Å². The molecule has 0 fully saturated rings. The number of carbonyl (C=O) groups excluding carboxylic acids is 1. The smallest absolute Gasteiger partial charge is 0.337 e. The maximum atomic E-state index is 12.9. The highest BCUT2D eigenvalue weighted by Crippen LogP contribution is 2.28. The Morgan fingerprint density at radius 1 is 0.815 bits per heavy atom. The summed E-state index contributed by atoms with van der Waals surface area (Å²) in [7, 11) is 0. The van der Waals surface area contributed by atoms with Crippen molar-refractivity contribution in [3.05, 3.63) is 77.4 Å². The van der Waals surface area contributed by atoms with Crippen molar-refractivity contribution >= 4 is 11.5 Å². The van der Waals surface area contributed by atoms with Gasteiger partial charge in [-0.1, -0.05) is 86.8 Å². The lowest BCUT2D eigenvalue weighted by Gasteiger charge is -2.16. The van der Waals surface area contributed by atoms with Crippen LogP contribution in [0.1, 0.15) is 50.7 Å². The van der Waals surface area contributed by atoms with E-state index in [0.29, 0.717) is 18.8 Å². The molecule has 0 saturated heterocycles. The molecule has 0 atom stereocenters. The molecular formula is C24H30O3. The lowest BCUT2D eigenvalue weighted by Crippen LogP contribution is -2.16. The molecule has 0 aromatic heterocycles. The zero-order valence-corrected chi connectivity index (χ0v) is 16.4. The van der Waals surface area contributed by atoms with Gasteiger partial charge in [-0.05, 0) is 24.5 Å². The molecular weight excluding hydrogens is 336 g/mol. The van der Waals surface area contributed by atoms with Crippen LogP contribution in [-0.2, 0) is 14.3 Å². The summed E-state index contributed by atoms with van der Waals surface area (Å²) < 4.78 is 11.2. The van der Waals surface area contributed by atoms with Crippen molar-refractivity contribution in [3.63, 3.8) is 0 Å². The number of unbranched alkanes of at least 4 members (excludes halogenated alkanes) is 3. The third kappa shape index (κ3) is 6.69. The van der Waals surface area contributed by atoms with Gasteiger partial charge in [-0.2, -0.15) is 0 Å². The van der Waals surface area contributed by atoms with E-state index in [1.807, 2.05) is 67.6 Å². The zero-order valence-electron chi connectivity index (χ0n) is 16.4. The summed E-state index contributed by atoms with van der Waals surface area (Å²) in [5.74, 6) is -0.289. The SMILES string of the molecule is CCCCCCOC(=O)C(COCC)=C(c1ccccc1)c1ccccc1. The summed E-state index contributed by atoms with van der Waals surface area (Å²) >= 11 is 0. The molecule has 0 saturated carbocycles. The molecule has 0 spiro atoms. The van der Waals surface area contributed by atoms with E-state index in [1.54, 1.807) is 0 Å². The van der Waals surface area contributed by atoms with Crippen LogP contribution in [0.5, 0.6) is 0 Å². The van der Waals surface area contributed by atoms with E-state index < -0.39 is 0 Å². The molecule has 0 aliphatic heterocycles. The highest BCUT2D eigenvalue weighted by Gasteiger charge is 2.20. The van der Waals surface area contributed by atoms with E-state index in [1.165, 1.54) is 6.42 Å². The van der Waals surface area contributed by atoms with Crippen molar-refractivity contribution < 1.29 is 14.3 Å². The molecule has 0 radical (unpaired) electrons. The molecule has 2 rings (SSSR count). The van der Waals surface area contributed by atoms with Crippen LogP contribution in [0.4, 0.5) is 0 Å². The molecule has 0 N–H and O–H groups in total. The summed E-state index contributed by atoms with van der Waals surface area (Å²) in [6.45, 7) is 5.33. The Balaban J connectivity index is 2.35. The summed E-state index contributed by atoms with van der Waals surface area (Å²) in [6, 6.07) is 19.9. The van der Waals surface area contributed by atoms with Crippen LogP contribution in [0.3, 0.4) is 0 Å². The van der Waals surface area contributed by atoms with Gasteiger partial charge >= 0.3 is 5.97 Å². The fourth-order valence-electron chi connectivity index (χ4n) is 2.94. The monoisotopic (exact) mass is 366 g/mol. The van der Waals surface area contributed by atoms with Crippen LogP contribution in [0.25, 0.3) is 5.57 Å². The number of benzene rings is 2. The van der Waals surface area contributed by atoms with E-state index in [-0.39, 0.29) is 12.6 Å². The van der Waals surface area contributed by atoms with Crippen molar-refractivity contribution in [2.75, 3.05) is 19.8 Å². The number of ether oxygens (including phenoxy) is 2. The summed E-state index contributed by atoms with van der Waals surface area (Å²) in [5, 5.41) is 0. The van der Waals surface area contributed by atoms with Crippen molar-refractivity contribution in [1.29, 1.82) is 0 Å². The largest absolute Gasteiger partial charge is 0.462 e. The number of esters is 1. The molecule has 0 heterocycles. The van der Waals surface area contributed by atoms with E-state index >= 15 is 0 Å². The van der Waals surface area contributed by atoms with E-state index in [0.717, 1.165) is 36.0 Å². The number of carbonyl (C=O) groups is 1. The van der Waals surface area contributed by atoms with Crippen molar-refractivity contribution in [3.8, 4) is 0 Å². The first-order chi connectivity index (χ1) is 13.3. The molecule has 0 aliphatic rings. The lowest BCUT2D eigenvalue weighted by molar-refractivity contribution is -0.139. The molecule has 2 aromatic carbocycles. The van der Waals surface area contributed by atoms with Crippen LogP contribution in [0, 0.1) is 0 Å². The van der Waals surface area contributed by atoms with Gasteiger partial charge in [-0.3, -0.25) is 0 Å². The minimum absolute atomic E-state index is 0.239. The summed E-state index contributed by atoms with van der Waals surface area (Å²) in [6.07, 6.45) is 4.31. The van der Waals surface area contributed by atoms with Crippen LogP contribution in [0.15, 0.2) is 66.2 Å². The molecule has 3 heteroatoms. The third-order valence-electron chi connectivity index (χ3n) is 4.35. The van der Waals surface area contributed by atoms with Gasteiger partial charge in [0, 0.05) is 12.2 Å². The Kier molecular flexibility index (Phi) is 9.36. The number of hydrogen-bond acceptors (Lipinski definition) is 3. The molecule has 2 aromatic rings. The second kappa shape index (κ2) is 12.1. The number of hydrogen-bond donors (Lipinski definition) is 0. The van der Waals surface area contributed by atoms with E-state index in [9.17, 15) is 4.79 Å². The Hall–Kier alpha value is -2.39. The first-order valence-corrected chi connectivity index (χ1v) is 9.86. The van der Waals surface area contributed by atoms with E-state index in [2.05, 4.69) is 6.92 Å². The predicted octanol–water partition coefficient (Wildman–Crippen LogP) is 5.65. The Morgan fingerprint density at radius 3 is 1.93 bits per heavy atom. The Morgan fingerprint density at radius 2 is 1.41 bits per heavy atom. The van der Waals surface area contributed by atoms with Gasteiger partial charge in [0.05, 0.1) is 18.8 Å². The fourth-order valence-corrected chi connectivity index (χ4v) is 2.94. The molecule has 0 aliphatic carbocycles. The maximum Gasteiger partial charge on any atom is 0.337 e. The molecule has 0 unspecified atom stereocenters. The second-order valence-corrected chi connectivity index (χ2v) is 6.42. The summed E-state index contributed by atoms with van der Waals surface area (Å²) in [4.78, 5) is 12.9. The van der Waals surface area contributed by atoms with Crippen LogP contribution in [0.2, 0.25) is 0 Å². The van der Waals surface area contributed by atoms with Gasteiger partial charge in [-0.15, -0.1) is 0 Å². The fraction of sp³-hybridized carbons (Fsp3) is 0.375. The first kappa shape index (κ1) is 20.9. The van der Waals surface area contributed by atoms with Gasteiger partial charge in [0.2, 0.25) is 0 Å². The predicted molar refractivity (Wildman–Crippen MR) is 111 cm³/mol. The van der Waals surface area contributed by atoms with Crippen molar-refractivity contribution in [2.45, 2.75) is 39.5 Å². The van der Waals surface area contributed by atoms with Gasteiger partial charge in [-0.25, -0.2) is 4.79 Å². The topological polar surface area (TPSA) is 35.5 Å². The average molecular weight is 367 g/mol. The molecule has 0 amide bonds. The highest BCUT2D eigenvalue weighted by molar-refractivity contribution is 6.02. The third-order valence-corrected chi connectivity index (χ3v) is 4.35. The Bertz CT molecular complexity index is 663. The van der Waals surface area contributed by atoms with Gasteiger partial charge < -0.3 is 9.47 Å². The standard InChI is InChI=1S/C24H30O3/c1-3-5-6-13-18-27-24(25)22(19-26-4-2)23(20-14-9-7-10-15-20)21-16-11-8-12-17-21/h7-12,14-17H,3-6,13,18-19H2,1-2H3. The van der Waals surface area contributed by atoms with Crippen LogP contribution < -0.4 is 0 Å². The molecule has 27 heavy (non-hydrogen) atoms. The highest BCUT2D eigenvalue weighted by atomic mass is 16.5. The maximum absolute atomic E-state index is 12.9. The van der Waals surface area contributed by atoms with Crippen LogP contribution in [-0.4, -0.2) is 25.8 Å². The second-order valence-electron chi connectivity index (χ2n) is 6.42. The van der Waals surface area contributed by atoms with Gasteiger partial charge in [0.15, 0.2) is 0 Å². The van der Waals surface area contributed by atoms with Crippen molar-refractivity contribution in [1.82, 2.24) is 0 Å². The lowest BCUT2D eigenvalue weighted by atomic mass is 9.93.